The van der Waals surface area contributed by atoms with E-state index in [0.29, 0.717) is 6.42 Å². The molecule has 0 spiro atoms. The maximum absolute atomic E-state index is 11.7. The molecule has 8 heteroatoms. The minimum Gasteiger partial charge on any atom is -0.214 e. The summed E-state index contributed by atoms with van der Waals surface area (Å²) < 4.78 is 50.2. The lowest BCUT2D eigenvalue weighted by molar-refractivity contribution is 0.254. The number of unbranched alkanes of at least 4 members (excludes halogenated alkanes) is 1. The van der Waals surface area contributed by atoms with Crippen LogP contribution in [-0.2, 0) is 20.0 Å². The van der Waals surface area contributed by atoms with Gasteiger partial charge in [0.1, 0.15) is 0 Å². The van der Waals surface area contributed by atoms with Gasteiger partial charge in [-0.25, -0.2) is 21.6 Å². The summed E-state index contributed by atoms with van der Waals surface area (Å²) in [6, 6.07) is 0. The minimum atomic E-state index is -3.36. The Morgan fingerprint density at radius 3 is 2.00 bits per heavy atom. The first-order chi connectivity index (χ1) is 8.40. The third-order valence-electron chi connectivity index (χ3n) is 2.55. The standard InChI is InChI=1S/C11H26N2O4S2/c1-6-7-10-19(16,17)12-8-9-13(11(2,3)4)18(5,14)15/h12H,6-10H2,1-5H3. The largest absolute Gasteiger partial charge is 0.214 e. The van der Waals surface area contributed by atoms with Crippen LogP contribution in [0.4, 0.5) is 0 Å². The van der Waals surface area contributed by atoms with Gasteiger partial charge >= 0.3 is 0 Å². The summed E-state index contributed by atoms with van der Waals surface area (Å²) in [6.45, 7) is 7.48. The number of nitrogens with one attached hydrogen (secondary N) is 1. The van der Waals surface area contributed by atoms with E-state index >= 15 is 0 Å². The molecule has 0 aromatic heterocycles. The van der Waals surface area contributed by atoms with Crippen molar-refractivity contribution in [2.75, 3.05) is 25.1 Å². The van der Waals surface area contributed by atoms with Crippen LogP contribution in [0.2, 0.25) is 0 Å². The van der Waals surface area contributed by atoms with Gasteiger partial charge in [0.2, 0.25) is 20.0 Å². The molecule has 0 amide bonds. The average Bonchev–Trinajstić information content (AvgIpc) is 2.18. The van der Waals surface area contributed by atoms with Gasteiger partial charge in [-0.15, -0.1) is 0 Å². The third-order valence-corrected chi connectivity index (χ3v) is 5.55. The van der Waals surface area contributed by atoms with Crippen LogP contribution >= 0.6 is 0 Å². The van der Waals surface area contributed by atoms with Crippen molar-refractivity contribution in [3.63, 3.8) is 0 Å². The van der Waals surface area contributed by atoms with Crippen LogP contribution in [0.3, 0.4) is 0 Å². The lowest BCUT2D eigenvalue weighted by Crippen LogP contribution is -2.48. The average molecular weight is 314 g/mol. The molecule has 1 N–H and O–H groups in total. The summed E-state index contributed by atoms with van der Waals surface area (Å²) in [5.74, 6) is 0.0812. The van der Waals surface area contributed by atoms with E-state index in [1.807, 2.05) is 6.92 Å². The van der Waals surface area contributed by atoms with E-state index in [1.54, 1.807) is 20.8 Å². The fraction of sp³-hybridized carbons (Fsp3) is 1.00. The second kappa shape index (κ2) is 7.01. The van der Waals surface area contributed by atoms with Crippen LogP contribution in [0.1, 0.15) is 40.5 Å². The van der Waals surface area contributed by atoms with Gasteiger partial charge in [0, 0.05) is 18.6 Å². The van der Waals surface area contributed by atoms with Gasteiger partial charge in [0.25, 0.3) is 0 Å². The topological polar surface area (TPSA) is 83.6 Å². The first-order valence-corrected chi connectivity index (χ1v) is 9.85. The van der Waals surface area contributed by atoms with Crippen molar-refractivity contribution in [3.05, 3.63) is 0 Å². The summed E-state index contributed by atoms with van der Waals surface area (Å²) in [6.07, 6.45) is 2.53. The van der Waals surface area contributed by atoms with E-state index in [1.165, 1.54) is 4.31 Å². The van der Waals surface area contributed by atoms with Crippen LogP contribution in [0.25, 0.3) is 0 Å². The Morgan fingerprint density at radius 2 is 1.63 bits per heavy atom. The van der Waals surface area contributed by atoms with Crippen molar-refractivity contribution >= 4 is 20.0 Å². The van der Waals surface area contributed by atoms with Crippen molar-refractivity contribution in [1.29, 1.82) is 0 Å². The Morgan fingerprint density at radius 1 is 1.11 bits per heavy atom. The molecule has 0 aromatic carbocycles. The fourth-order valence-electron chi connectivity index (χ4n) is 1.71. The zero-order valence-corrected chi connectivity index (χ0v) is 14.1. The quantitative estimate of drug-likeness (QED) is 0.717. The number of hydrogen-bond donors (Lipinski definition) is 1. The molecule has 0 rings (SSSR count). The Labute approximate surface area is 117 Å². The molecule has 0 aromatic rings. The SMILES string of the molecule is CCCCS(=O)(=O)NCCN(C(C)(C)C)S(C)(=O)=O. The smallest absolute Gasteiger partial charge is 0.211 e. The highest BCUT2D eigenvalue weighted by molar-refractivity contribution is 7.89. The van der Waals surface area contributed by atoms with Crippen LogP contribution < -0.4 is 4.72 Å². The lowest BCUT2D eigenvalue weighted by Gasteiger charge is -2.33. The van der Waals surface area contributed by atoms with E-state index < -0.39 is 25.6 Å². The second-order valence-corrected chi connectivity index (χ2v) is 9.41. The molecule has 19 heavy (non-hydrogen) atoms. The van der Waals surface area contributed by atoms with Gasteiger partial charge in [0.05, 0.1) is 12.0 Å². The molecule has 0 aliphatic heterocycles. The molecule has 0 saturated carbocycles. The molecule has 0 bridgehead atoms. The van der Waals surface area contributed by atoms with Crippen molar-refractivity contribution < 1.29 is 16.8 Å². The molecule has 0 unspecified atom stereocenters. The highest BCUT2D eigenvalue weighted by Gasteiger charge is 2.29. The first-order valence-electron chi connectivity index (χ1n) is 6.35. The van der Waals surface area contributed by atoms with Gasteiger partial charge in [-0.2, -0.15) is 4.31 Å². The Balaban J connectivity index is 4.53. The second-order valence-electron chi connectivity index (χ2n) is 5.57. The fourth-order valence-corrected chi connectivity index (χ4v) is 4.34. The van der Waals surface area contributed by atoms with Crippen LogP contribution in [-0.4, -0.2) is 51.8 Å². The van der Waals surface area contributed by atoms with Crippen molar-refractivity contribution in [1.82, 2.24) is 9.03 Å². The van der Waals surface area contributed by atoms with E-state index in [4.69, 9.17) is 0 Å². The monoisotopic (exact) mass is 314 g/mol. The number of nitrogens with zero attached hydrogens (tertiary/aromatic N) is 1. The van der Waals surface area contributed by atoms with E-state index in [9.17, 15) is 16.8 Å². The van der Waals surface area contributed by atoms with Crippen molar-refractivity contribution in [2.24, 2.45) is 0 Å². The van der Waals surface area contributed by atoms with Gasteiger partial charge in [-0.1, -0.05) is 13.3 Å². The van der Waals surface area contributed by atoms with Gasteiger partial charge < -0.3 is 0 Å². The van der Waals surface area contributed by atoms with Crippen LogP contribution in [0.15, 0.2) is 0 Å². The maximum Gasteiger partial charge on any atom is 0.211 e. The maximum atomic E-state index is 11.7. The molecule has 0 radical (unpaired) electrons. The molecule has 6 nitrogen and oxygen atoms in total. The predicted octanol–water partition coefficient (Wildman–Crippen LogP) is 0.766. The summed E-state index contributed by atoms with van der Waals surface area (Å²) in [4.78, 5) is 0. The normalized spacial score (nSPS) is 14.0. The van der Waals surface area contributed by atoms with Crippen LogP contribution in [0, 0.1) is 0 Å². The zero-order chi connectivity index (χ0) is 15.3. The summed E-state index contributed by atoms with van der Waals surface area (Å²) >= 11 is 0. The third kappa shape index (κ3) is 7.86. The first kappa shape index (κ1) is 18.8. The minimum absolute atomic E-state index is 0.0812. The number of hydrogen-bond acceptors (Lipinski definition) is 4. The summed E-state index contributed by atoms with van der Waals surface area (Å²) in [7, 11) is -6.66. The summed E-state index contributed by atoms with van der Waals surface area (Å²) in [5, 5.41) is 0. The van der Waals surface area contributed by atoms with Crippen molar-refractivity contribution in [2.45, 2.75) is 46.1 Å². The van der Waals surface area contributed by atoms with E-state index in [0.717, 1.165) is 12.7 Å². The Bertz CT molecular complexity index is 463. The molecule has 0 fully saturated rings. The molecule has 0 atom stereocenters. The Kier molecular flexibility index (Phi) is 6.94. The molecular formula is C11H26N2O4S2. The van der Waals surface area contributed by atoms with Gasteiger partial charge in [0.15, 0.2) is 0 Å². The Hall–Kier alpha value is -0.180. The molecule has 0 aliphatic rings. The highest BCUT2D eigenvalue weighted by Crippen LogP contribution is 2.16. The predicted molar refractivity (Wildman–Crippen MR) is 78.0 cm³/mol. The number of sulfonamides is 2. The van der Waals surface area contributed by atoms with E-state index in [-0.39, 0.29) is 18.8 Å². The molecule has 116 valence electrons. The zero-order valence-electron chi connectivity index (χ0n) is 12.4. The van der Waals surface area contributed by atoms with E-state index in [2.05, 4.69) is 4.72 Å². The number of rotatable bonds is 8. The molecular weight excluding hydrogens is 288 g/mol. The van der Waals surface area contributed by atoms with Crippen LogP contribution in [0.5, 0.6) is 0 Å². The summed E-state index contributed by atoms with van der Waals surface area (Å²) in [5.41, 5.74) is -0.567. The molecule has 0 saturated heterocycles. The molecule has 0 heterocycles. The highest BCUT2D eigenvalue weighted by atomic mass is 32.2. The molecule has 0 aliphatic carbocycles. The lowest BCUT2D eigenvalue weighted by atomic mass is 10.1. The van der Waals surface area contributed by atoms with Gasteiger partial charge in [-0.05, 0) is 27.2 Å². The van der Waals surface area contributed by atoms with Gasteiger partial charge in [-0.3, -0.25) is 0 Å². The van der Waals surface area contributed by atoms with Crippen molar-refractivity contribution in [3.8, 4) is 0 Å².